The van der Waals surface area contributed by atoms with Crippen molar-refractivity contribution in [2.45, 2.75) is 57.4 Å². The first-order valence-electron chi connectivity index (χ1n) is 10.5. The third-order valence-electron chi connectivity index (χ3n) is 5.66. The van der Waals surface area contributed by atoms with Crippen LogP contribution in [0.3, 0.4) is 0 Å². The molecular formula is C24H31NO4. The Morgan fingerprint density at radius 3 is 2.34 bits per heavy atom. The third kappa shape index (κ3) is 5.04. The Morgan fingerprint density at radius 2 is 1.62 bits per heavy atom. The molecule has 0 radical (unpaired) electrons. The van der Waals surface area contributed by atoms with Crippen LogP contribution in [-0.4, -0.2) is 29.0 Å². The molecule has 0 bridgehead atoms. The maximum atomic E-state index is 13.0. The molecule has 3 aromatic rings. The van der Waals surface area contributed by atoms with Gasteiger partial charge >= 0.3 is 0 Å². The Bertz CT molecular complexity index is 1020. The largest absolute Gasteiger partial charge is 0.456 e. The number of aryl methyl sites for hydroxylation is 2. The second-order valence-electron chi connectivity index (χ2n) is 8.08. The number of aliphatic hydroxyl groups excluding tert-OH is 2. The van der Waals surface area contributed by atoms with Crippen molar-refractivity contribution in [3.63, 3.8) is 0 Å². The molecule has 156 valence electrons. The van der Waals surface area contributed by atoms with Crippen LogP contribution in [0.4, 0.5) is 0 Å². The molecule has 0 atom stereocenters. The molecule has 3 rings (SSSR count). The molecule has 0 unspecified atom stereocenters. The summed E-state index contributed by atoms with van der Waals surface area (Å²) in [4.78, 5) is 13.0. The molecule has 4 N–H and O–H groups in total. The second kappa shape index (κ2) is 9.53. The predicted octanol–water partition coefficient (Wildman–Crippen LogP) is 3.68. The predicted molar refractivity (Wildman–Crippen MR) is 117 cm³/mol. The van der Waals surface area contributed by atoms with E-state index in [1.54, 1.807) is 6.07 Å². The van der Waals surface area contributed by atoms with Gasteiger partial charge in [-0.25, -0.2) is 0 Å². The third-order valence-corrected chi connectivity index (χ3v) is 5.66. The van der Waals surface area contributed by atoms with Crippen LogP contribution in [0, 0.1) is 0 Å². The van der Waals surface area contributed by atoms with Gasteiger partial charge in [-0.05, 0) is 61.1 Å². The van der Waals surface area contributed by atoms with Crippen LogP contribution in [0.5, 0.6) is 0 Å². The Hall–Kier alpha value is -2.21. The molecule has 0 spiro atoms. The molecule has 2 aromatic carbocycles. The molecule has 1 heterocycles. The lowest BCUT2D eigenvalue weighted by Crippen LogP contribution is -2.47. The van der Waals surface area contributed by atoms with E-state index in [0.717, 1.165) is 18.4 Å². The lowest BCUT2D eigenvalue weighted by atomic mass is 9.93. The number of unbranched alkanes of at least 4 members (excludes halogenated alkanes) is 3. The number of hydrogen-bond donors (Lipinski definition) is 3. The molecule has 0 aliphatic carbocycles. The molecule has 29 heavy (non-hydrogen) atoms. The van der Waals surface area contributed by atoms with Crippen molar-refractivity contribution >= 4 is 21.9 Å². The van der Waals surface area contributed by atoms with Crippen LogP contribution >= 0.6 is 0 Å². The summed E-state index contributed by atoms with van der Waals surface area (Å²) in [5.74, 6) is 0. The molecule has 0 amide bonds. The van der Waals surface area contributed by atoms with Crippen LogP contribution in [0.2, 0.25) is 0 Å². The summed E-state index contributed by atoms with van der Waals surface area (Å²) in [5, 5.41) is 19.9. The lowest BCUT2D eigenvalue weighted by Gasteiger charge is -2.24. The van der Waals surface area contributed by atoms with E-state index in [2.05, 4.69) is 6.92 Å². The molecule has 1 aromatic heterocycles. The highest BCUT2D eigenvalue weighted by Gasteiger charge is 2.22. The van der Waals surface area contributed by atoms with Crippen LogP contribution in [0.1, 0.15) is 50.2 Å². The highest BCUT2D eigenvalue weighted by atomic mass is 16.3. The Kier molecular flexibility index (Phi) is 7.06. The van der Waals surface area contributed by atoms with Gasteiger partial charge in [-0.3, -0.25) is 4.79 Å². The van der Waals surface area contributed by atoms with E-state index < -0.39 is 5.54 Å². The first-order valence-corrected chi connectivity index (χ1v) is 10.5. The number of fused-ring (bicyclic) bond motifs is 2. The van der Waals surface area contributed by atoms with Crippen molar-refractivity contribution in [2.75, 3.05) is 13.2 Å². The fraction of sp³-hybridized carbons (Fsp3) is 0.458. The minimum atomic E-state index is -1.01. The topological polar surface area (TPSA) is 96.7 Å². The summed E-state index contributed by atoms with van der Waals surface area (Å²) >= 11 is 0. The zero-order chi connectivity index (χ0) is 20.9. The van der Waals surface area contributed by atoms with Crippen LogP contribution in [0.25, 0.3) is 21.9 Å². The zero-order valence-electron chi connectivity index (χ0n) is 17.1. The number of benzene rings is 2. The van der Waals surface area contributed by atoms with Gasteiger partial charge < -0.3 is 20.4 Å². The minimum absolute atomic E-state index is 0.0119. The maximum Gasteiger partial charge on any atom is 0.200 e. The summed E-state index contributed by atoms with van der Waals surface area (Å²) < 4.78 is 6.02. The first kappa shape index (κ1) is 21.5. The quantitative estimate of drug-likeness (QED) is 0.358. The molecule has 0 saturated carbocycles. The summed E-state index contributed by atoms with van der Waals surface area (Å²) in [5.41, 5.74) is 8.19. The van der Waals surface area contributed by atoms with Crippen molar-refractivity contribution < 1.29 is 14.6 Å². The average molecular weight is 398 g/mol. The Labute approximate surface area is 171 Å². The minimum Gasteiger partial charge on any atom is -0.456 e. The SMILES string of the molecule is CCCCCCc1ccc2oc3cc(CCC(N)(CO)CO)ccc3c(=O)c2c1. The first-order chi connectivity index (χ1) is 14.0. The summed E-state index contributed by atoms with van der Waals surface area (Å²) in [7, 11) is 0. The lowest BCUT2D eigenvalue weighted by molar-refractivity contribution is 0.115. The number of hydrogen-bond acceptors (Lipinski definition) is 5. The number of aliphatic hydroxyl groups is 2. The standard InChI is InChI=1S/C24H31NO4/c1-2-3-4-5-6-17-8-10-21-20(13-17)23(28)19-9-7-18(14-22(19)29-21)11-12-24(25,15-26)16-27/h7-10,13-14,26-27H,2-6,11-12,15-16,25H2,1H3. The monoisotopic (exact) mass is 397 g/mol. The van der Waals surface area contributed by atoms with Crippen molar-refractivity contribution in [3.8, 4) is 0 Å². The van der Waals surface area contributed by atoms with E-state index in [1.165, 1.54) is 24.8 Å². The molecular weight excluding hydrogens is 366 g/mol. The summed E-state index contributed by atoms with van der Waals surface area (Å²) in [6.45, 7) is 1.64. The molecule has 0 saturated heterocycles. The van der Waals surface area contributed by atoms with Crippen LogP contribution in [0.15, 0.2) is 45.6 Å². The molecule has 0 aliphatic heterocycles. The van der Waals surface area contributed by atoms with Gasteiger partial charge in [0.05, 0.1) is 29.5 Å². The summed E-state index contributed by atoms with van der Waals surface area (Å²) in [6.07, 6.45) is 6.78. The van der Waals surface area contributed by atoms with Gasteiger partial charge in [-0.15, -0.1) is 0 Å². The van der Waals surface area contributed by atoms with Gasteiger partial charge in [0.15, 0.2) is 0 Å². The highest BCUT2D eigenvalue weighted by Crippen LogP contribution is 2.23. The van der Waals surface area contributed by atoms with E-state index in [1.807, 2.05) is 30.3 Å². The van der Waals surface area contributed by atoms with Crippen LogP contribution in [-0.2, 0) is 12.8 Å². The smallest absolute Gasteiger partial charge is 0.200 e. The van der Waals surface area contributed by atoms with Crippen LogP contribution < -0.4 is 11.2 Å². The van der Waals surface area contributed by atoms with E-state index in [9.17, 15) is 15.0 Å². The average Bonchev–Trinajstić information content (AvgIpc) is 2.75. The van der Waals surface area contributed by atoms with Gasteiger partial charge in [0.25, 0.3) is 0 Å². The van der Waals surface area contributed by atoms with E-state index >= 15 is 0 Å². The number of rotatable bonds is 10. The molecule has 0 fully saturated rings. The Balaban J connectivity index is 1.86. The maximum absolute atomic E-state index is 13.0. The molecule has 5 heteroatoms. The van der Waals surface area contributed by atoms with Gasteiger partial charge in [0.2, 0.25) is 5.43 Å². The van der Waals surface area contributed by atoms with Gasteiger partial charge in [-0.1, -0.05) is 38.3 Å². The van der Waals surface area contributed by atoms with Crippen molar-refractivity contribution in [1.82, 2.24) is 0 Å². The Morgan fingerprint density at radius 1 is 0.897 bits per heavy atom. The van der Waals surface area contributed by atoms with E-state index in [4.69, 9.17) is 10.2 Å². The normalized spacial score (nSPS) is 12.1. The molecule has 0 aliphatic rings. The van der Waals surface area contributed by atoms with Crippen molar-refractivity contribution in [1.29, 1.82) is 0 Å². The van der Waals surface area contributed by atoms with E-state index in [0.29, 0.717) is 34.8 Å². The van der Waals surface area contributed by atoms with Crippen molar-refractivity contribution in [3.05, 3.63) is 57.7 Å². The fourth-order valence-corrected chi connectivity index (χ4v) is 3.61. The van der Waals surface area contributed by atoms with Gasteiger partial charge in [-0.2, -0.15) is 0 Å². The second-order valence-corrected chi connectivity index (χ2v) is 8.08. The zero-order valence-corrected chi connectivity index (χ0v) is 17.1. The number of nitrogens with two attached hydrogens (primary N) is 1. The summed E-state index contributed by atoms with van der Waals surface area (Å²) in [6, 6.07) is 11.4. The van der Waals surface area contributed by atoms with Crippen molar-refractivity contribution in [2.24, 2.45) is 5.73 Å². The van der Waals surface area contributed by atoms with E-state index in [-0.39, 0.29) is 18.6 Å². The highest BCUT2D eigenvalue weighted by molar-refractivity contribution is 5.90. The fourth-order valence-electron chi connectivity index (χ4n) is 3.61. The molecule has 5 nitrogen and oxygen atoms in total. The van der Waals surface area contributed by atoms with Gasteiger partial charge in [0.1, 0.15) is 11.2 Å². The van der Waals surface area contributed by atoms with Gasteiger partial charge in [0, 0.05) is 0 Å².